The van der Waals surface area contributed by atoms with Crippen LogP contribution in [0.15, 0.2) is 78.0 Å². The van der Waals surface area contributed by atoms with Gasteiger partial charge in [-0.1, -0.05) is 24.3 Å². The van der Waals surface area contributed by atoms with Crippen LogP contribution in [0.2, 0.25) is 0 Å². The summed E-state index contributed by atoms with van der Waals surface area (Å²) >= 11 is 0. The Morgan fingerprint density at radius 1 is 0.909 bits per heavy atom. The molecule has 8 heteroatoms. The molecule has 0 atom stereocenters. The highest BCUT2D eigenvalue weighted by atomic mass is 16.5. The van der Waals surface area contributed by atoms with Crippen LogP contribution >= 0.6 is 0 Å². The summed E-state index contributed by atoms with van der Waals surface area (Å²) in [6.07, 6.45) is 5.08. The van der Waals surface area contributed by atoms with E-state index in [1.165, 1.54) is 4.57 Å². The molecule has 0 N–H and O–H groups in total. The van der Waals surface area contributed by atoms with Gasteiger partial charge in [-0.05, 0) is 24.3 Å². The number of nitrogens with zero attached hydrogens (tertiary/aromatic N) is 5. The molecule has 0 aliphatic carbocycles. The van der Waals surface area contributed by atoms with Gasteiger partial charge >= 0.3 is 0 Å². The molecular weight excluding hydrogens is 418 g/mol. The van der Waals surface area contributed by atoms with Crippen molar-refractivity contribution in [3.8, 4) is 11.4 Å². The second-order valence-electron chi connectivity index (χ2n) is 7.79. The second kappa shape index (κ2) is 8.74. The third-order valence-corrected chi connectivity index (χ3v) is 5.89. The third-order valence-electron chi connectivity index (χ3n) is 5.89. The van der Waals surface area contributed by atoms with Crippen LogP contribution in [0.3, 0.4) is 0 Å². The summed E-state index contributed by atoms with van der Waals surface area (Å²) in [4.78, 5) is 39.4. The van der Waals surface area contributed by atoms with Crippen molar-refractivity contribution in [3.05, 3.63) is 89.1 Å². The first-order chi connectivity index (χ1) is 16.2. The SMILES string of the molecule is COc1cccc(-n2cc(C(=O)N3CCN(c4ncccn4)CC3)c3ccccc3c2=O)c1. The molecule has 1 fully saturated rings. The average molecular weight is 441 g/mol. The van der Waals surface area contributed by atoms with E-state index in [2.05, 4.69) is 14.9 Å². The van der Waals surface area contributed by atoms with Crippen LogP contribution in [0.25, 0.3) is 16.5 Å². The first kappa shape index (κ1) is 20.7. The van der Waals surface area contributed by atoms with Crippen molar-refractivity contribution in [2.24, 2.45) is 0 Å². The third kappa shape index (κ3) is 3.91. The highest BCUT2D eigenvalue weighted by Crippen LogP contribution is 2.22. The van der Waals surface area contributed by atoms with Gasteiger partial charge < -0.3 is 14.5 Å². The molecule has 4 aromatic rings. The van der Waals surface area contributed by atoms with E-state index in [-0.39, 0.29) is 11.5 Å². The number of ether oxygens (including phenoxy) is 1. The first-order valence-electron chi connectivity index (χ1n) is 10.8. The minimum absolute atomic E-state index is 0.100. The van der Waals surface area contributed by atoms with E-state index >= 15 is 0 Å². The molecule has 1 aliphatic rings. The maximum Gasteiger partial charge on any atom is 0.262 e. The number of anilines is 1. The average Bonchev–Trinajstić information content (AvgIpc) is 2.89. The van der Waals surface area contributed by atoms with Gasteiger partial charge in [0.15, 0.2) is 0 Å². The lowest BCUT2D eigenvalue weighted by molar-refractivity contribution is 0.0747. The summed E-state index contributed by atoms with van der Waals surface area (Å²) in [5, 5.41) is 1.16. The fraction of sp³-hybridized carbons (Fsp3) is 0.200. The van der Waals surface area contributed by atoms with Crippen LogP contribution in [0.5, 0.6) is 5.75 Å². The van der Waals surface area contributed by atoms with Crippen molar-refractivity contribution in [2.45, 2.75) is 0 Å². The van der Waals surface area contributed by atoms with E-state index in [0.717, 1.165) is 0 Å². The van der Waals surface area contributed by atoms with Crippen LogP contribution in [-0.4, -0.2) is 58.6 Å². The molecule has 2 aromatic carbocycles. The predicted octanol–water partition coefficient (Wildman–Crippen LogP) is 2.75. The van der Waals surface area contributed by atoms with Gasteiger partial charge in [0, 0.05) is 61.6 Å². The molecule has 0 radical (unpaired) electrons. The summed E-state index contributed by atoms with van der Waals surface area (Å²) in [7, 11) is 1.58. The monoisotopic (exact) mass is 441 g/mol. The van der Waals surface area contributed by atoms with Crippen molar-refractivity contribution in [3.63, 3.8) is 0 Å². The highest BCUT2D eigenvalue weighted by molar-refractivity contribution is 6.06. The number of hydrogen-bond donors (Lipinski definition) is 0. The van der Waals surface area contributed by atoms with Gasteiger partial charge in [0.1, 0.15) is 5.75 Å². The number of rotatable bonds is 4. The molecule has 0 unspecified atom stereocenters. The zero-order chi connectivity index (χ0) is 22.8. The topological polar surface area (TPSA) is 80.6 Å². The van der Waals surface area contributed by atoms with Gasteiger partial charge in [0.05, 0.1) is 18.4 Å². The molecule has 0 spiro atoms. The van der Waals surface area contributed by atoms with E-state index in [0.29, 0.717) is 59.9 Å². The zero-order valence-corrected chi connectivity index (χ0v) is 18.2. The number of hydrogen-bond acceptors (Lipinski definition) is 6. The Morgan fingerprint density at radius 3 is 2.36 bits per heavy atom. The van der Waals surface area contributed by atoms with E-state index in [4.69, 9.17) is 4.74 Å². The molecule has 33 heavy (non-hydrogen) atoms. The molecule has 5 rings (SSSR count). The summed E-state index contributed by atoms with van der Waals surface area (Å²) in [6.45, 7) is 2.37. The number of pyridine rings is 1. The number of carbonyl (C=O) groups is 1. The fourth-order valence-electron chi connectivity index (χ4n) is 4.15. The van der Waals surface area contributed by atoms with Gasteiger partial charge in [-0.3, -0.25) is 14.2 Å². The maximum atomic E-state index is 13.6. The van der Waals surface area contributed by atoms with Gasteiger partial charge in [-0.2, -0.15) is 0 Å². The Hall–Kier alpha value is -4.20. The normalized spacial score (nSPS) is 13.8. The Bertz CT molecular complexity index is 1360. The van der Waals surface area contributed by atoms with Crippen molar-refractivity contribution in [1.82, 2.24) is 19.4 Å². The first-order valence-corrected chi connectivity index (χ1v) is 10.8. The Balaban J connectivity index is 1.50. The predicted molar refractivity (Wildman–Crippen MR) is 126 cm³/mol. The van der Waals surface area contributed by atoms with Crippen LogP contribution in [0, 0.1) is 0 Å². The van der Waals surface area contributed by atoms with E-state index < -0.39 is 0 Å². The summed E-state index contributed by atoms with van der Waals surface area (Å²) in [5.41, 5.74) is 0.962. The van der Waals surface area contributed by atoms with E-state index in [9.17, 15) is 9.59 Å². The number of benzene rings is 2. The van der Waals surface area contributed by atoms with Crippen molar-refractivity contribution in [1.29, 1.82) is 0 Å². The number of amides is 1. The van der Waals surface area contributed by atoms with Gasteiger partial charge in [-0.15, -0.1) is 0 Å². The lowest BCUT2D eigenvalue weighted by atomic mass is 10.1. The molecule has 1 amide bonds. The van der Waals surface area contributed by atoms with Crippen molar-refractivity contribution < 1.29 is 9.53 Å². The number of piperazine rings is 1. The molecule has 0 bridgehead atoms. The fourth-order valence-corrected chi connectivity index (χ4v) is 4.15. The van der Waals surface area contributed by atoms with Crippen molar-refractivity contribution >= 4 is 22.6 Å². The van der Waals surface area contributed by atoms with Crippen LogP contribution < -0.4 is 15.2 Å². The molecule has 1 aliphatic heterocycles. The minimum atomic E-state index is -0.179. The summed E-state index contributed by atoms with van der Waals surface area (Å²) in [5.74, 6) is 1.21. The van der Waals surface area contributed by atoms with Gasteiger partial charge in [-0.25, -0.2) is 9.97 Å². The lowest BCUT2D eigenvalue weighted by Crippen LogP contribution is -2.49. The molecule has 0 saturated carbocycles. The van der Waals surface area contributed by atoms with Crippen LogP contribution in [-0.2, 0) is 0 Å². The highest BCUT2D eigenvalue weighted by Gasteiger charge is 2.25. The van der Waals surface area contributed by atoms with Crippen molar-refractivity contribution in [2.75, 3.05) is 38.2 Å². The van der Waals surface area contributed by atoms with Gasteiger partial charge in [0.25, 0.3) is 11.5 Å². The molecular formula is C25H23N5O3. The molecule has 3 heterocycles. The summed E-state index contributed by atoms with van der Waals surface area (Å²) < 4.78 is 6.84. The quantitative estimate of drug-likeness (QED) is 0.485. The largest absolute Gasteiger partial charge is 0.497 e. The minimum Gasteiger partial charge on any atom is -0.497 e. The number of methoxy groups -OCH3 is 1. The number of carbonyl (C=O) groups excluding carboxylic acids is 1. The molecule has 2 aromatic heterocycles. The van der Waals surface area contributed by atoms with E-state index in [1.54, 1.807) is 43.9 Å². The molecule has 166 valence electrons. The Kier molecular flexibility index (Phi) is 5.48. The van der Waals surface area contributed by atoms with Crippen LogP contribution in [0.1, 0.15) is 10.4 Å². The van der Waals surface area contributed by atoms with Gasteiger partial charge in [0.2, 0.25) is 5.95 Å². The van der Waals surface area contributed by atoms with Crippen LogP contribution in [0.4, 0.5) is 5.95 Å². The molecule has 8 nitrogen and oxygen atoms in total. The Labute approximate surface area is 190 Å². The number of aromatic nitrogens is 3. The summed E-state index contributed by atoms with van der Waals surface area (Å²) in [6, 6.07) is 16.3. The standard InChI is InChI=1S/C25H23N5O3/c1-33-19-7-4-6-18(16-19)30-17-22(20-8-2-3-9-21(20)24(30)32)23(31)28-12-14-29(15-13-28)25-26-10-5-11-27-25/h2-11,16-17H,12-15H2,1H3. The Morgan fingerprint density at radius 2 is 1.64 bits per heavy atom. The lowest BCUT2D eigenvalue weighted by Gasteiger charge is -2.35. The second-order valence-corrected chi connectivity index (χ2v) is 7.79. The zero-order valence-electron chi connectivity index (χ0n) is 18.2. The maximum absolute atomic E-state index is 13.6. The molecule has 1 saturated heterocycles. The number of fused-ring (bicyclic) bond motifs is 1. The van der Waals surface area contributed by atoms with E-state index in [1.807, 2.05) is 41.3 Å². The smallest absolute Gasteiger partial charge is 0.262 e.